The van der Waals surface area contributed by atoms with Crippen molar-refractivity contribution in [1.82, 2.24) is 4.90 Å². The molecule has 0 unspecified atom stereocenters. The minimum absolute atomic E-state index is 0.0702. The van der Waals surface area contributed by atoms with E-state index in [-0.39, 0.29) is 17.6 Å². The molecule has 23 heavy (non-hydrogen) atoms. The van der Waals surface area contributed by atoms with Crippen LogP contribution in [0.25, 0.3) is 0 Å². The third kappa shape index (κ3) is 2.62. The van der Waals surface area contributed by atoms with Crippen molar-refractivity contribution in [3.63, 3.8) is 0 Å². The summed E-state index contributed by atoms with van der Waals surface area (Å²) in [5.74, 6) is 2.76. The summed E-state index contributed by atoms with van der Waals surface area (Å²) in [7, 11) is 0. The Morgan fingerprint density at radius 3 is 2.57 bits per heavy atom. The Hall–Kier alpha value is -0.610. The predicted molar refractivity (Wildman–Crippen MR) is 87.8 cm³/mol. The first-order chi connectivity index (χ1) is 11.1. The van der Waals surface area contributed by atoms with E-state index in [1.165, 1.54) is 25.7 Å². The summed E-state index contributed by atoms with van der Waals surface area (Å²) in [5, 5.41) is 10.3. The molecule has 1 aliphatic heterocycles. The van der Waals surface area contributed by atoms with Crippen molar-refractivity contribution in [3.05, 3.63) is 0 Å². The zero-order chi connectivity index (χ0) is 16.0. The normalized spacial score (nSPS) is 41.3. The van der Waals surface area contributed by atoms with Crippen LogP contribution in [0, 0.1) is 23.2 Å². The van der Waals surface area contributed by atoms with E-state index in [2.05, 4.69) is 4.90 Å². The highest BCUT2D eigenvalue weighted by Gasteiger charge is 2.56. The molecule has 130 valence electrons. The molecule has 4 nitrogen and oxygen atoms in total. The lowest BCUT2D eigenvalue weighted by molar-refractivity contribution is -0.210. The SMILES string of the molecule is CCO[C@@H]1C[C@@H](O)C12CCN(C(=O)C[C@@H]1C[C@H]3CC[C@H]1C3)CC2. The molecule has 1 spiro atoms. The highest BCUT2D eigenvalue weighted by atomic mass is 16.5. The van der Waals surface area contributed by atoms with Crippen LogP contribution in [0.2, 0.25) is 0 Å². The van der Waals surface area contributed by atoms with Crippen LogP contribution in [0.4, 0.5) is 0 Å². The molecule has 0 aromatic heterocycles. The molecular formula is C19H31NO3. The third-order valence-corrected chi connectivity index (χ3v) is 7.48. The molecule has 3 aliphatic carbocycles. The number of nitrogens with zero attached hydrogens (tertiary/aromatic N) is 1. The molecule has 1 heterocycles. The van der Waals surface area contributed by atoms with Crippen molar-refractivity contribution in [1.29, 1.82) is 0 Å². The number of hydrogen-bond donors (Lipinski definition) is 1. The Labute approximate surface area is 139 Å². The first-order valence-electron chi connectivity index (χ1n) is 9.70. The van der Waals surface area contributed by atoms with Gasteiger partial charge in [0.2, 0.25) is 5.91 Å². The van der Waals surface area contributed by atoms with E-state index < -0.39 is 0 Å². The Morgan fingerprint density at radius 2 is 2.00 bits per heavy atom. The summed E-state index contributed by atoms with van der Waals surface area (Å²) in [6.45, 7) is 4.35. The van der Waals surface area contributed by atoms with Gasteiger partial charge in [-0.25, -0.2) is 0 Å². The summed E-state index contributed by atoms with van der Waals surface area (Å²) in [6, 6.07) is 0. The quantitative estimate of drug-likeness (QED) is 0.866. The van der Waals surface area contributed by atoms with Crippen molar-refractivity contribution in [3.8, 4) is 0 Å². The summed E-state index contributed by atoms with van der Waals surface area (Å²) < 4.78 is 5.81. The maximum absolute atomic E-state index is 12.7. The molecule has 0 aromatic rings. The number of ether oxygens (including phenoxy) is 1. The molecule has 1 N–H and O–H groups in total. The van der Waals surface area contributed by atoms with Gasteiger partial charge in [0.1, 0.15) is 0 Å². The second-order valence-corrected chi connectivity index (χ2v) is 8.45. The van der Waals surface area contributed by atoms with E-state index in [0.717, 1.165) is 50.6 Å². The number of fused-ring (bicyclic) bond motifs is 2. The topological polar surface area (TPSA) is 49.8 Å². The Kier molecular flexibility index (Phi) is 4.17. The van der Waals surface area contributed by atoms with Crippen LogP contribution in [0.5, 0.6) is 0 Å². The van der Waals surface area contributed by atoms with Crippen molar-refractivity contribution < 1.29 is 14.6 Å². The first kappa shape index (κ1) is 15.9. The zero-order valence-corrected chi connectivity index (χ0v) is 14.4. The van der Waals surface area contributed by atoms with Crippen LogP contribution in [0.15, 0.2) is 0 Å². The minimum Gasteiger partial charge on any atom is -0.392 e. The van der Waals surface area contributed by atoms with Crippen LogP contribution < -0.4 is 0 Å². The lowest BCUT2D eigenvalue weighted by atomic mass is 9.58. The molecule has 1 amide bonds. The number of aliphatic hydroxyl groups excluding tert-OH is 1. The first-order valence-corrected chi connectivity index (χ1v) is 9.70. The zero-order valence-electron chi connectivity index (χ0n) is 14.4. The standard InChI is InChI=1S/C19H31NO3/c1-2-23-17-12-16(21)19(17)5-7-20(8-6-19)18(22)11-15-10-13-3-4-14(15)9-13/h13-17,21H,2-12H2,1H3/t13-,14-,15-,16+,17+/m0/s1. The van der Waals surface area contributed by atoms with Gasteiger partial charge in [-0.15, -0.1) is 0 Å². The number of carbonyl (C=O) groups excluding carboxylic acids is 1. The van der Waals surface area contributed by atoms with Crippen LogP contribution in [-0.4, -0.2) is 47.8 Å². The van der Waals surface area contributed by atoms with Gasteiger partial charge >= 0.3 is 0 Å². The third-order valence-electron chi connectivity index (χ3n) is 7.48. The maximum Gasteiger partial charge on any atom is 0.222 e. The highest BCUT2D eigenvalue weighted by molar-refractivity contribution is 5.76. The number of carbonyl (C=O) groups is 1. The summed E-state index contributed by atoms with van der Waals surface area (Å²) in [4.78, 5) is 14.7. The fourth-order valence-electron chi connectivity index (χ4n) is 5.97. The van der Waals surface area contributed by atoms with Crippen LogP contribution >= 0.6 is 0 Å². The molecular weight excluding hydrogens is 290 g/mol. The molecule has 4 heteroatoms. The molecule has 4 fully saturated rings. The van der Waals surface area contributed by atoms with Gasteiger partial charge < -0.3 is 14.7 Å². The van der Waals surface area contributed by atoms with E-state index in [9.17, 15) is 9.90 Å². The fourth-order valence-corrected chi connectivity index (χ4v) is 5.97. The second-order valence-electron chi connectivity index (χ2n) is 8.45. The van der Waals surface area contributed by atoms with Gasteiger partial charge in [-0.1, -0.05) is 6.42 Å². The van der Waals surface area contributed by atoms with Crippen molar-refractivity contribution in [2.45, 2.75) is 70.5 Å². The number of piperidine rings is 1. The number of aliphatic hydroxyl groups is 1. The molecule has 1 saturated heterocycles. The number of rotatable bonds is 4. The summed E-state index contributed by atoms with van der Waals surface area (Å²) in [6.07, 6.45) is 8.74. The number of amides is 1. The summed E-state index contributed by atoms with van der Waals surface area (Å²) >= 11 is 0. The van der Waals surface area contributed by atoms with Gasteiger partial charge in [0.25, 0.3) is 0 Å². The maximum atomic E-state index is 12.7. The molecule has 0 radical (unpaired) electrons. The van der Waals surface area contributed by atoms with Gasteiger partial charge in [-0.2, -0.15) is 0 Å². The van der Waals surface area contributed by atoms with Crippen LogP contribution in [0.3, 0.4) is 0 Å². The molecule has 5 atom stereocenters. The van der Waals surface area contributed by atoms with E-state index in [1.54, 1.807) is 0 Å². The smallest absolute Gasteiger partial charge is 0.222 e. The van der Waals surface area contributed by atoms with E-state index in [1.807, 2.05) is 6.92 Å². The minimum atomic E-state index is -0.234. The van der Waals surface area contributed by atoms with E-state index in [0.29, 0.717) is 18.4 Å². The predicted octanol–water partition coefficient (Wildman–Crippen LogP) is 2.59. The van der Waals surface area contributed by atoms with E-state index in [4.69, 9.17) is 4.74 Å². The number of likely N-dealkylation sites (tertiary alicyclic amines) is 1. The van der Waals surface area contributed by atoms with Gasteiger partial charge in [-0.3, -0.25) is 4.79 Å². The molecule has 2 bridgehead atoms. The molecule has 0 aromatic carbocycles. The average molecular weight is 321 g/mol. The lowest BCUT2D eigenvalue weighted by Gasteiger charge is -2.56. The lowest BCUT2D eigenvalue weighted by Crippen LogP contribution is -2.62. The molecule has 4 aliphatic rings. The molecule has 3 saturated carbocycles. The summed E-state index contributed by atoms with van der Waals surface area (Å²) in [5.41, 5.74) is -0.0702. The highest BCUT2D eigenvalue weighted by Crippen LogP contribution is 2.52. The van der Waals surface area contributed by atoms with Gasteiger partial charge in [-0.05, 0) is 56.8 Å². The largest absolute Gasteiger partial charge is 0.392 e. The monoisotopic (exact) mass is 321 g/mol. The Bertz CT molecular complexity index is 456. The van der Waals surface area contributed by atoms with Crippen LogP contribution in [-0.2, 0) is 9.53 Å². The average Bonchev–Trinajstić information content (AvgIpc) is 3.17. The van der Waals surface area contributed by atoms with Crippen molar-refractivity contribution in [2.75, 3.05) is 19.7 Å². The van der Waals surface area contributed by atoms with Crippen LogP contribution in [0.1, 0.15) is 58.3 Å². The van der Waals surface area contributed by atoms with Crippen molar-refractivity contribution >= 4 is 5.91 Å². The number of hydrogen-bond acceptors (Lipinski definition) is 3. The molecule has 4 rings (SSSR count). The second kappa shape index (κ2) is 6.03. The Balaban J connectivity index is 1.30. The van der Waals surface area contributed by atoms with Gasteiger partial charge in [0, 0.05) is 38.0 Å². The van der Waals surface area contributed by atoms with Crippen molar-refractivity contribution in [2.24, 2.45) is 23.2 Å². The van der Waals surface area contributed by atoms with Gasteiger partial charge in [0.05, 0.1) is 12.2 Å². The fraction of sp³-hybridized carbons (Fsp3) is 0.947. The van der Waals surface area contributed by atoms with Gasteiger partial charge in [0.15, 0.2) is 0 Å². The Morgan fingerprint density at radius 1 is 1.22 bits per heavy atom. The van der Waals surface area contributed by atoms with E-state index >= 15 is 0 Å².